The lowest BCUT2D eigenvalue weighted by Crippen LogP contribution is -2.45. The van der Waals surface area contributed by atoms with Crippen molar-refractivity contribution in [3.8, 4) is 28.6 Å². The van der Waals surface area contributed by atoms with Crippen LogP contribution in [0.3, 0.4) is 0 Å². The number of nitriles is 1. The minimum Gasteiger partial charge on any atom is -0.352 e. The molecule has 0 radical (unpaired) electrons. The first-order valence-electron chi connectivity index (χ1n) is 12.8. The third-order valence-corrected chi connectivity index (χ3v) is 6.75. The van der Waals surface area contributed by atoms with Gasteiger partial charge in [-0.05, 0) is 31.0 Å². The number of piperazine rings is 1. The van der Waals surface area contributed by atoms with Crippen molar-refractivity contribution in [2.24, 2.45) is 0 Å². The standard InChI is InChI=1S/C26H27F3N8O2/c27-26(28,29)24(38)39-37-22(14-19(15-30)23(37)35-11-7-31-8-12-35)18-5-6-32-21(13-18)20-16-33-25(34-17-20)36-9-3-1-2-4-10-36/h5-6,13-14,16-17,31H,1-4,7-12H2. The highest BCUT2D eigenvalue weighted by Gasteiger charge is 2.43. The first-order chi connectivity index (χ1) is 18.8. The second-order valence-corrected chi connectivity index (χ2v) is 9.39. The van der Waals surface area contributed by atoms with Gasteiger partial charge in [-0.3, -0.25) is 4.98 Å². The summed E-state index contributed by atoms with van der Waals surface area (Å²) >= 11 is 0. The molecule has 39 heavy (non-hydrogen) atoms. The van der Waals surface area contributed by atoms with Crippen LogP contribution >= 0.6 is 0 Å². The highest BCUT2D eigenvalue weighted by Crippen LogP contribution is 2.33. The maximum atomic E-state index is 13.2. The van der Waals surface area contributed by atoms with Crippen molar-refractivity contribution in [2.45, 2.75) is 31.9 Å². The van der Waals surface area contributed by atoms with Crippen LogP contribution in [0.1, 0.15) is 31.2 Å². The molecule has 0 saturated carbocycles. The summed E-state index contributed by atoms with van der Waals surface area (Å²) in [6, 6.07) is 6.66. The van der Waals surface area contributed by atoms with E-state index in [-0.39, 0.29) is 17.1 Å². The molecule has 2 aliphatic rings. The number of rotatable bonds is 5. The first-order valence-corrected chi connectivity index (χ1v) is 12.8. The molecule has 10 nitrogen and oxygen atoms in total. The van der Waals surface area contributed by atoms with E-state index >= 15 is 0 Å². The molecule has 2 fully saturated rings. The average Bonchev–Trinajstić information content (AvgIpc) is 3.10. The van der Waals surface area contributed by atoms with E-state index in [4.69, 9.17) is 4.84 Å². The molecule has 0 aliphatic carbocycles. The number of hydrogen-bond donors (Lipinski definition) is 1. The van der Waals surface area contributed by atoms with Gasteiger partial charge in [0, 0.05) is 69.0 Å². The fraction of sp³-hybridized carbons (Fsp3) is 0.423. The van der Waals surface area contributed by atoms with E-state index in [1.807, 2.05) is 6.07 Å². The number of alkyl halides is 3. The molecule has 3 aromatic rings. The maximum absolute atomic E-state index is 13.2. The Labute approximate surface area is 223 Å². The van der Waals surface area contributed by atoms with E-state index in [9.17, 15) is 23.2 Å². The van der Waals surface area contributed by atoms with Crippen LogP contribution in [0.2, 0.25) is 0 Å². The number of nitrogens with one attached hydrogen (secondary N) is 1. The number of anilines is 2. The Hall–Kier alpha value is -4.18. The van der Waals surface area contributed by atoms with Gasteiger partial charge in [0.1, 0.15) is 6.07 Å². The van der Waals surface area contributed by atoms with Gasteiger partial charge in [-0.15, -0.1) is 0 Å². The van der Waals surface area contributed by atoms with E-state index < -0.39 is 12.1 Å². The zero-order valence-electron chi connectivity index (χ0n) is 21.1. The molecule has 0 unspecified atom stereocenters. The number of halogens is 3. The SMILES string of the molecule is N#Cc1cc(-c2ccnc(-c3cnc(N4CCCCCC4)nc3)c2)n(OC(=O)C(F)(F)F)c1N1CCNCC1. The van der Waals surface area contributed by atoms with Crippen LogP contribution in [0.4, 0.5) is 24.9 Å². The monoisotopic (exact) mass is 540 g/mol. The van der Waals surface area contributed by atoms with Crippen molar-refractivity contribution in [3.63, 3.8) is 0 Å². The van der Waals surface area contributed by atoms with Gasteiger partial charge in [0.2, 0.25) is 5.95 Å². The zero-order valence-corrected chi connectivity index (χ0v) is 21.1. The zero-order chi connectivity index (χ0) is 27.4. The Morgan fingerprint density at radius 3 is 2.28 bits per heavy atom. The second kappa shape index (κ2) is 11.3. The molecule has 0 amide bonds. The van der Waals surface area contributed by atoms with Crippen molar-refractivity contribution in [1.29, 1.82) is 5.26 Å². The molecule has 0 bridgehead atoms. The lowest BCUT2D eigenvalue weighted by molar-refractivity contribution is -0.199. The third-order valence-electron chi connectivity index (χ3n) is 6.75. The van der Waals surface area contributed by atoms with Crippen LogP contribution in [0.5, 0.6) is 0 Å². The fourth-order valence-corrected chi connectivity index (χ4v) is 4.80. The Balaban J connectivity index is 1.51. The summed E-state index contributed by atoms with van der Waals surface area (Å²) in [4.78, 5) is 34.1. The summed E-state index contributed by atoms with van der Waals surface area (Å²) in [6.07, 6.45) is 4.16. The smallest absolute Gasteiger partial charge is 0.352 e. The van der Waals surface area contributed by atoms with Gasteiger partial charge in [-0.25, -0.2) is 14.8 Å². The summed E-state index contributed by atoms with van der Waals surface area (Å²) in [7, 11) is 0. The molecule has 1 N–H and O–H groups in total. The topological polar surface area (TPSA) is 112 Å². The van der Waals surface area contributed by atoms with Gasteiger partial charge in [0.05, 0.1) is 17.0 Å². The van der Waals surface area contributed by atoms with E-state index in [1.165, 1.54) is 25.1 Å². The van der Waals surface area contributed by atoms with Crippen LogP contribution < -0.4 is 20.0 Å². The summed E-state index contributed by atoms with van der Waals surface area (Å²) < 4.78 is 40.4. The second-order valence-electron chi connectivity index (χ2n) is 9.39. The van der Waals surface area contributed by atoms with Crippen LogP contribution in [0.15, 0.2) is 36.8 Å². The third kappa shape index (κ3) is 5.80. The first kappa shape index (κ1) is 26.4. The summed E-state index contributed by atoms with van der Waals surface area (Å²) in [5, 5.41) is 13.0. The van der Waals surface area contributed by atoms with E-state index in [1.54, 1.807) is 29.4 Å². The molecule has 13 heteroatoms. The molecule has 3 aromatic heterocycles. The molecule has 5 heterocycles. The lowest BCUT2D eigenvalue weighted by atomic mass is 10.1. The highest BCUT2D eigenvalue weighted by molar-refractivity contribution is 5.79. The van der Waals surface area contributed by atoms with Crippen LogP contribution in [-0.4, -0.2) is 71.1 Å². The lowest BCUT2D eigenvalue weighted by Gasteiger charge is -2.30. The predicted molar refractivity (Wildman–Crippen MR) is 137 cm³/mol. The minimum atomic E-state index is -5.22. The summed E-state index contributed by atoms with van der Waals surface area (Å²) in [6.45, 7) is 3.76. The van der Waals surface area contributed by atoms with Gasteiger partial charge < -0.3 is 20.0 Å². The van der Waals surface area contributed by atoms with Crippen molar-refractivity contribution >= 4 is 17.7 Å². The molecule has 0 aromatic carbocycles. The average molecular weight is 541 g/mol. The molecular formula is C26H27F3N8O2. The van der Waals surface area contributed by atoms with Crippen LogP contribution in [0, 0.1) is 11.3 Å². The van der Waals surface area contributed by atoms with Gasteiger partial charge >= 0.3 is 12.1 Å². The Bertz CT molecular complexity index is 1350. The van der Waals surface area contributed by atoms with E-state index in [0.717, 1.165) is 30.7 Å². The number of aromatic nitrogens is 4. The highest BCUT2D eigenvalue weighted by atomic mass is 19.4. The fourth-order valence-electron chi connectivity index (χ4n) is 4.80. The molecule has 204 valence electrons. The maximum Gasteiger partial charge on any atom is 0.493 e. The van der Waals surface area contributed by atoms with Crippen LogP contribution in [-0.2, 0) is 4.79 Å². The van der Waals surface area contributed by atoms with Crippen molar-refractivity contribution in [2.75, 3.05) is 49.1 Å². The Morgan fingerprint density at radius 1 is 0.949 bits per heavy atom. The molecule has 0 atom stereocenters. The summed E-state index contributed by atoms with van der Waals surface area (Å²) in [5.74, 6) is -1.65. The predicted octanol–water partition coefficient (Wildman–Crippen LogP) is 3.19. The number of hydrogen-bond acceptors (Lipinski definition) is 9. The number of pyridine rings is 1. The van der Waals surface area contributed by atoms with E-state index in [2.05, 4.69) is 25.2 Å². The van der Waals surface area contributed by atoms with Crippen molar-refractivity contribution < 1.29 is 22.8 Å². The molecule has 2 saturated heterocycles. The minimum absolute atomic E-state index is 0.0883. The molecular weight excluding hydrogens is 513 g/mol. The number of nitrogens with zero attached hydrogens (tertiary/aromatic N) is 7. The van der Waals surface area contributed by atoms with E-state index in [0.29, 0.717) is 48.9 Å². The number of carbonyl (C=O) groups excluding carboxylic acids is 1. The molecule has 5 rings (SSSR count). The van der Waals surface area contributed by atoms with Crippen molar-refractivity contribution in [1.82, 2.24) is 25.0 Å². The van der Waals surface area contributed by atoms with Crippen molar-refractivity contribution in [3.05, 3.63) is 42.4 Å². The van der Waals surface area contributed by atoms with Gasteiger partial charge in [0.25, 0.3) is 0 Å². The van der Waals surface area contributed by atoms with Gasteiger partial charge in [-0.1, -0.05) is 12.8 Å². The van der Waals surface area contributed by atoms with Crippen LogP contribution in [0.25, 0.3) is 22.5 Å². The summed E-state index contributed by atoms with van der Waals surface area (Å²) in [5.41, 5.74) is 1.70. The van der Waals surface area contributed by atoms with Gasteiger partial charge in [-0.2, -0.15) is 23.2 Å². The number of carbonyl (C=O) groups is 1. The molecule has 2 aliphatic heterocycles. The van der Waals surface area contributed by atoms with Gasteiger partial charge in [0.15, 0.2) is 5.82 Å². The Morgan fingerprint density at radius 2 is 1.64 bits per heavy atom. The normalized spacial score (nSPS) is 16.5. The Kier molecular flexibility index (Phi) is 7.65. The molecule has 0 spiro atoms. The largest absolute Gasteiger partial charge is 0.493 e. The quantitative estimate of drug-likeness (QED) is 0.521.